The molecule has 1 saturated heterocycles. The van der Waals surface area contributed by atoms with Crippen molar-refractivity contribution in [1.82, 2.24) is 0 Å². The van der Waals surface area contributed by atoms with E-state index in [2.05, 4.69) is 13.8 Å². The molecule has 0 aromatic rings. The van der Waals surface area contributed by atoms with E-state index in [9.17, 15) is 0 Å². The van der Waals surface area contributed by atoms with Crippen LogP contribution in [0.1, 0.15) is 13.8 Å². The topological polar surface area (TPSA) is 44.5 Å². The third kappa shape index (κ3) is 2.68. The Hall–Kier alpha value is 0.880. The minimum atomic E-state index is -2.15. The van der Waals surface area contributed by atoms with Crippen LogP contribution in [0.3, 0.4) is 0 Å². The predicted molar refractivity (Wildman–Crippen MR) is 51.7 cm³/mol. The third-order valence-electron chi connectivity index (χ3n) is 1.36. The van der Waals surface area contributed by atoms with Crippen LogP contribution in [-0.2, 0) is 20.9 Å². The Morgan fingerprint density at radius 1 is 1.45 bits per heavy atom. The molecule has 0 aromatic heterocycles. The summed E-state index contributed by atoms with van der Waals surface area (Å²) < 4.78 is 10.7. The molecule has 3 nitrogen and oxygen atoms in total. The standard InChI is InChI=1S/C5H12NO2PS2/c1-5(2)3-7-9(10,11-6)8-4-5/h3-4,6H2,1-2H3. The van der Waals surface area contributed by atoms with Gasteiger partial charge in [-0.25, -0.2) is 0 Å². The average Bonchev–Trinajstić information content (AvgIpc) is 1.97. The summed E-state index contributed by atoms with van der Waals surface area (Å²) in [6, 6.07) is 0. The molecular weight excluding hydrogens is 201 g/mol. The minimum absolute atomic E-state index is 0.0814. The fourth-order valence-electron chi connectivity index (χ4n) is 0.647. The lowest BCUT2D eigenvalue weighted by Crippen LogP contribution is -2.28. The van der Waals surface area contributed by atoms with Crippen molar-refractivity contribution in [2.45, 2.75) is 13.8 Å². The SMILES string of the molecule is CC1(C)COP(=S)(SN)OC1. The monoisotopic (exact) mass is 213 g/mol. The molecule has 0 saturated carbocycles. The van der Waals surface area contributed by atoms with Gasteiger partial charge in [0.1, 0.15) is 0 Å². The van der Waals surface area contributed by atoms with Crippen LogP contribution in [0, 0.1) is 5.41 Å². The molecular formula is C5H12NO2PS2. The van der Waals surface area contributed by atoms with E-state index in [-0.39, 0.29) is 5.41 Å². The molecule has 1 rings (SSSR count). The minimum Gasteiger partial charge on any atom is -0.320 e. The molecule has 0 unspecified atom stereocenters. The van der Waals surface area contributed by atoms with Crippen LogP contribution in [0.25, 0.3) is 0 Å². The molecule has 1 aliphatic heterocycles. The maximum absolute atomic E-state index is 5.37. The lowest BCUT2D eigenvalue weighted by Gasteiger charge is -2.34. The van der Waals surface area contributed by atoms with Gasteiger partial charge in [-0.2, -0.15) is 0 Å². The van der Waals surface area contributed by atoms with Crippen molar-refractivity contribution in [2.24, 2.45) is 10.6 Å². The molecule has 0 amide bonds. The van der Waals surface area contributed by atoms with Crippen molar-refractivity contribution in [3.63, 3.8) is 0 Å². The van der Waals surface area contributed by atoms with Gasteiger partial charge >= 0.3 is 0 Å². The van der Waals surface area contributed by atoms with Crippen molar-refractivity contribution >= 4 is 29.1 Å². The highest BCUT2D eigenvalue weighted by molar-refractivity contribution is 8.67. The molecule has 1 aliphatic rings. The van der Waals surface area contributed by atoms with Gasteiger partial charge in [0.05, 0.1) is 13.2 Å². The number of nitrogens with two attached hydrogens (primary N) is 1. The van der Waals surface area contributed by atoms with Crippen LogP contribution in [0.2, 0.25) is 0 Å². The maximum atomic E-state index is 5.37. The zero-order valence-electron chi connectivity index (χ0n) is 6.57. The molecule has 66 valence electrons. The molecule has 0 aliphatic carbocycles. The van der Waals surface area contributed by atoms with Crippen molar-refractivity contribution < 1.29 is 9.05 Å². The summed E-state index contributed by atoms with van der Waals surface area (Å²) in [4.78, 5) is 0. The van der Waals surface area contributed by atoms with E-state index < -0.39 is 5.69 Å². The number of hydrogen-bond acceptors (Lipinski definition) is 5. The van der Waals surface area contributed by atoms with Crippen LogP contribution in [0.4, 0.5) is 0 Å². The Balaban J connectivity index is 2.55. The molecule has 1 heterocycles. The maximum Gasteiger partial charge on any atom is 0.262 e. The van der Waals surface area contributed by atoms with Crippen molar-refractivity contribution in [3.8, 4) is 0 Å². The van der Waals surface area contributed by atoms with Gasteiger partial charge in [0, 0.05) is 17.0 Å². The third-order valence-corrected chi connectivity index (χ3v) is 5.32. The summed E-state index contributed by atoms with van der Waals surface area (Å²) in [6.07, 6.45) is 0. The number of rotatable bonds is 1. The first-order valence-corrected chi connectivity index (χ1v) is 7.37. The van der Waals surface area contributed by atoms with Gasteiger partial charge in [0.2, 0.25) is 0 Å². The second kappa shape index (κ2) is 3.32. The van der Waals surface area contributed by atoms with E-state index in [4.69, 9.17) is 26.0 Å². The molecule has 0 radical (unpaired) electrons. The van der Waals surface area contributed by atoms with Gasteiger partial charge < -0.3 is 9.05 Å². The van der Waals surface area contributed by atoms with Gasteiger partial charge in [-0.1, -0.05) is 13.8 Å². The van der Waals surface area contributed by atoms with Gasteiger partial charge in [-0.3, -0.25) is 5.14 Å². The quantitative estimate of drug-likeness (QED) is 0.532. The first-order valence-electron chi connectivity index (χ1n) is 3.25. The Kier molecular flexibility index (Phi) is 3.01. The molecule has 2 N–H and O–H groups in total. The Morgan fingerprint density at radius 3 is 2.27 bits per heavy atom. The highest BCUT2D eigenvalue weighted by atomic mass is 32.9. The second-order valence-electron chi connectivity index (χ2n) is 3.26. The molecule has 0 aromatic carbocycles. The van der Waals surface area contributed by atoms with Gasteiger partial charge in [-0.05, 0) is 11.8 Å². The van der Waals surface area contributed by atoms with Gasteiger partial charge in [-0.15, -0.1) is 0 Å². The zero-order valence-corrected chi connectivity index (χ0v) is 9.10. The fraction of sp³-hybridized carbons (Fsp3) is 1.00. The van der Waals surface area contributed by atoms with Crippen LogP contribution in [0.5, 0.6) is 0 Å². The summed E-state index contributed by atoms with van der Waals surface area (Å²) in [5, 5.41) is 5.34. The molecule has 6 heteroatoms. The van der Waals surface area contributed by atoms with Crippen molar-refractivity contribution in [3.05, 3.63) is 0 Å². The van der Waals surface area contributed by atoms with Crippen molar-refractivity contribution in [2.75, 3.05) is 13.2 Å². The van der Waals surface area contributed by atoms with Crippen LogP contribution < -0.4 is 5.14 Å². The highest BCUT2D eigenvalue weighted by Crippen LogP contribution is 2.61. The van der Waals surface area contributed by atoms with Crippen LogP contribution in [0.15, 0.2) is 0 Å². The fourth-order valence-corrected chi connectivity index (χ4v) is 2.86. The Bertz CT molecular complexity index is 183. The Labute approximate surface area is 76.1 Å². The molecule has 0 spiro atoms. The van der Waals surface area contributed by atoms with E-state index >= 15 is 0 Å². The summed E-state index contributed by atoms with van der Waals surface area (Å²) >= 11 is 6.09. The lowest BCUT2D eigenvalue weighted by molar-refractivity contribution is 0.0672. The van der Waals surface area contributed by atoms with Crippen LogP contribution >= 0.6 is 17.3 Å². The van der Waals surface area contributed by atoms with E-state index in [0.717, 1.165) is 11.6 Å². The molecule has 11 heavy (non-hydrogen) atoms. The van der Waals surface area contributed by atoms with E-state index in [1.165, 1.54) is 0 Å². The molecule has 1 fully saturated rings. The highest BCUT2D eigenvalue weighted by Gasteiger charge is 2.32. The van der Waals surface area contributed by atoms with E-state index in [1.54, 1.807) is 0 Å². The summed E-state index contributed by atoms with van der Waals surface area (Å²) in [6.45, 7) is 5.45. The van der Waals surface area contributed by atoms with Gasteiger partial charge in [0.25, 0.3) is 5.69 Å². The van der Waals surface area contributed by atoms with E-state index in [0.29, 0.717) is 13.2 Å². The largest absolute Gasteiger partial charge is 0.320 e. The summed E-state index contributed by atoms with van der Waals surface area (Å²) in [5.41, 5.74) is -2.07. The second-order valence-corrected chi connectivity index (χ2v) is 9.10. The van der Waals surface area contributed by atoms with Gasteiger partial charge in [0.15, 0.2) is 0 Å². The first kappa shape index (κ1) is 9.96. The average molecular weight is 213 g/mol. The normalized spacial score (nSPS) is 28.3. The smallest absolute Gasteiger partial charge is 0.262 e. The number of hydrogen-bond donors (Lipinski definition) is 1. The zero-order chi connectivity index (χ0) is 8.54. The van der Waals surface area contributed by atoms with Crippen LogP contribution in [-0.4, -0.2) is 13.2 Å². The lowest BCUT2D eigenvalue weighted by atomic mass is 9.97. The molecule has 0 bridgehead atoms. The van der Waals surface area contributed by atoms with E-state index in [1.807, 2.05) is 0 Å². The predicted octanol–water partition coefficient (Wildman–Crippen LogP) is 1.89. The first-order chi connectivity index (χ1) is 4.97. The van der Waals surface area contributed by atoms with Crippen molar-refractivity contribution in [1.29, 1.82) is 0 Å². The summed E-state index contributed by atoms with van der Waals surface area (Å²) in [5.74, 6) is 0. The summed E-state index contributed by atoms with van der Waals surface area (Å²) in [7, 11) is 0. The molecule has 0 atom stereocenters. The Morgan fingerprint density at radius 2 is 1.91 bits per heavy atom.